The van der Waals surface area contributed by atoms with E-state index in [4.69, 9.17) is 4.74 Å². The van der Waals surface area contributed by atoms with Crippen molar-refractivity contribution in [2.75, 3.05) is 31.2 Å². The first-order valence-corrected chi connectivity index (χ1v) is 8.23. The highest BCUT2D eigenvalue weighted by Crippen LogP contribution is 2.18. The number of nitro benzene ring substituents is 1. The fraction of sp³-hybridized carbons (Fsp3) is 0.353. The molecule has 2 heterocycles. The Labute approximate surface area is 150 Å². The van der Waals surface area contributed by atoms with Crippen molar-refractivity contribution in [2.24, 2.45) is 0 Å². The molecular weight excluding hydrogens is 338 g/mol. The van der Waals surface area contributed by atoms with Gasteiger partial charge in [-0.15, -0.1) is 0 Å². The molecule has 26 heavy (non-hydrogen) atoms. The van der Waals surface area contributed by atoms with E-state index in [2.05, 4.69) is 15.3 Å². The molecule has 1 N–H and O–H groups in total. The van der Waals surface area contributed by atoms with Crippen LogP contribution in [0.4, 0.5) is 11.6 Å². The molecule has 1 fully saturated rings. The standard InChI is InChI=1S/C17H19N5O4/c1-12-10-13(20-17(19-12)21-6-8-26-9-7-21)11-18-16(23)14-4-2-3-5-15(14)22(24)25/h2-5,10H,6-9,11H2,1H3,(H,18,23). The molecular formula is C17H19N5O4. The maximum absolute atomic E-state index is 12.3. The highest BCUT2D eigenvalue weighted by atomic mass is 16.6. The van der Waals surface area contributed by atoms with Crippen molar-refractivity contribution < 1.29 is 14.5 Å². The molecule has 0 unspecified atom stereocenters. The number of nitro groups is 1. The Balaban J connectivity index is 1.72. The van der Waals surface area contributed by atoms with Crippen LogP contribution in [0.2, 0.25) is 0 Å². The molecule has 1 aromatic heterocycles. The fourth-order valence-corrected chi connectivity index (χ4v) is 2.70. The van der Waals surface area contributed by atoms with E-state index in [-0.39, 0.29) is 17.8 Å². The number of para-hydroxylation sites is 1. The van der Waals surface area contributed by atoms with Gasteiger partial charge < -0.3 is 15.0 Å². The van der Waals surface area contributed by atoms with E-state index in [1.54, 1.807) is 12.1 Å². The molecule has 9 nitrogen and oxygen atoms in total. The van der Waals surface area contributed by atoms with Gasteiger partial charge in [-0.3, -0.25) is 14.9 Å². The Bertz CT molecular complexity index is 821. The molecule has 9 heteroatoms. The first kappa shape index (κ1) is 17.7. The number of carbonyl (C=O) groups is 1. The van der Waals surface area contributed by atoms with Crippen LogP contribution in [0.25, 0.3) is 0 Å². The van der Waals surface area contributed by atoms with Crippen LogP contribution in [-0.2, 0) is 11.3 Å². The summed E-state index contributed by atoms with van der Waals surface area (Å²) in [6.45, 7) is 4.70. The number of benzene rings is 1. The predicted molar refractivity (Wildman–Crippen MR) is 94.1 cm³/mol. The van der Waals surface area contributed by atoms with Gasteiger partial charge in [0.25, 0.3) is 11.6 Å². The smallest absolute Gasteiger partial charge is 0.282 e. The zero-order valence-corrected chi connectivity index (χ0v) is 14.3. The van der Waals surface area contributed by atoms with E-state index in [1.165, 1.54) is 18.2 Å². The number of aryl methyl sites for hydroxylation is 1. The summed E-state index contributed by atoms with van der Waals surface area (Å²) in [5.41, 5.74) is 1.23. The molecule has 1 aromatic carbocycles. The zero-order chi connectivity index (χ0) is 18.5. The van der Waals surface area contributed by atoms with Crippen LogP contribution in [0, 0.1) is 17.0 Å². The second-order valence-electron chi connectivity index (χ2n) is 5.86. The van der Waals surface area contributed by atoms with Gasteiger partial charge in [0.15, 0.2) is 0 Å². The lowest BCUT2D eigenvalue weighted by Gasteiger charge is -2.27. The van der Waals surface area contributed by atoms with Crippen molar-refractivity contribution in [3.63, 3.8) is 0 Å². The summed E-state index contributed by atoms with van der Waals surface area (Å²) >= 11 is 0. The van der Waals surface area contributed by atoms with E-state index in [1.807, 2.05) is 11.8 Å². The normalized spacial score (nSPS) is 14.1. The van der Waals surface area contributed by atoms with Gasteiger partial charge in [-0.1, -0.05) is 12.1 Å². The van der Waals surface area contributed by atoms with Gasteiger partial charge in [-0.25, -0.2) is 9.97 Å². The summed E-state index contributed by atoms with van der Waals surface area (Å²) in [7, 11) is 0. The van der Waals surface area contributed by atoms with Gasteiger partial charge in [0.2, 0.25) is 5.95 Å². The fourth-order valence-electron chi connectivity index (χ4n) is 2.70. The molecule has 0 bridgehead atoms. The van der Waals surface area contributed by atoms with Crippen LogP contribution in [0.1, 0.15) is 21.7 Å². The number of nitrogens with one attached hydrogen (secondary N) is 1. The molecule has 1 aliphatic rings. The molecule has 1 amide bonds. The summed E-state index contributed by atoms with van der Waals surface area (Å²) in [5.74, 6) is 0.0877. The van der Waals surface area contributed by atoms with E-state index >= 15 is 0 Å². The Morgan fingerprint density at radius 3 is 2.77 bits per heavy atom. The lowest BCUT2D eigenvalue weighted by Crippen LogP contribution is -2.37. The van der Waals surface area contributed by atoms with Gasteiger partial charge in [0.05, 0.1) is 30.4 Å². The number of aromatic nitrogens is 2. The highest BCUT2D eigenvalue weighted by Gasteiger charge is 2.19. The minimum Gasteiger partial charge on any atom is -0.378 e. The number of hydrogen-bond donors (Lipinski definition) is 1. The second kappa shape index (κ2) is 7.87. The SMILES string of the molecule is Cc1cc(CNC(=O)c2ccccc2[N+](=O)[O-])nc(N2CCOCC2)n1. The maximum Gasteiger partial charge on any atom is 0.282 e. The first-order valence-electron chi connectivity index (χ1n) is 8.23. The monoisotopic (exact) mass is 357 g/mol. The number of morpholine rings is 1. The molecule has 1 saturated heterocycles. The van der Waals surface area contributed by atoms with E-state index < -0.39 is 10.8 Å². The summed E-state index contributed by atoms with van der Waals surface area (Å²) < 4.78 is 5.33. The topological polar surface area (TPSA) is 110 Å². The van der Waals surface area contributed by atoms with E-state index in [0.717, 1.165) is 5.69 Å². The number of carbonyl (C=O) groups excluding carboxylic acids is 1. The van der Waals surface area contributed by atoms with Crippen molar-refractivity contribution in [2.45, 2.75) is 13.5 Å². The molecule has 0 saturated carbocycles. The van der Waals surface area contributed by atoms with Crippen LogP contribution in [-0.4, -0.2) is 47.1 Å². The number of anilines is 1. The molecule has 0 atom stereocenters. The number of rotatable bonds is 5. The van der Waals surface area contributed by atoms with Crippen molar-refractivity contribution >= 4 is 17.5 Å². The van der Waals surface area contributed by atoms with Crippen molar-refractivity contribution in [3.05, 3.63) is 57.4 Å². The van der Waals surface area contributed by atoms with E-state index in [9.17, 15) is 14.9 Å². The van der Waals surface area contributed by atoms with Gasteiger partial charge in [0, 0.05) is 24.8 Å². The third-order valence-electron chi connectivity index (χ3n) is 3.96. The van der Waals surface area contributed by atoms with Crippen molar-refractivity contribution in [1.82, 2.24) is 15.3 Å². The quantitative estimate of drug-likeness (QED) is 0.637. The molecule has 0 aliphatic carbocycles. The van der Waals surface area contributed by atoms with Gasteiger partial charge in [-0.2, -0.15) is 0 Å². The Morgan fingerprint density at radius 1 is 1.31 bits per heavy atom. The Kier molecular flexibility index (Phi) is 5.37. The lowest BCUT2D eigenvalue weighted by atomic mass is 10.1. The number of amides is 1. The average molecular weight is 357 g/mol. The van der Waals surface area contributed by atoms with Crippen molar-refractivity contribution in [3.8, 4) is 0 Å². The molecule has 0 radical (unpaired) electrons. The summed E-state index contributed by atoms with van der Waals surface area (Å²) in [4.78, 5) is 33.8. The van der Waals surface area contributed by atoms with Crippen LogP contribution >= 0.6 is 0 Å². The van der Waals surface area contributed by atoms with Gasteiger partial charge >= 0.3 is 0 Å². The molecule has 2 aromatic rings. The summed E-state index contributed by atoms with van der Waals surface area (Å²) in [5, 5.41) is 13.7. The maximum atomic E-state index is 12.3. The molecule has 1 aliphatic heterocycles. The number of ether oxygens (including phenoxy) is 1. The zero-order valence-electron chi connectivity index (χ0n) is 14.3. The Hall–Kier alpha value is -3.07. The van der Waals surface area contributed by atoms with Gasteiger partial charge in [-0.05, 0) is 19.1 Å². The largest absolute Gasteiger partial charge is 0.378 e. The van der Waals surface area contributed by atoms with Gasteiger partial charge in [0.1, 0.15) is 5.56 Å². The van der Waals surface area contributed by atoms with Crippen molar-refractivity contribution in [1.29, 1.82) is 0 Å². The average Bonchev–Trinajstić information content (AvgIpc) is 2.66. The molecule has 3 rings (SSSR count). The predicted octanol–water partition coefficient (Wildman–Crippen LogP) is 1.46. The molecule has 136 valence electrons. The number of nitrogens with zero attached hydrogens (tertiary/aromatic N) is 4. The Morgan fingerprint density at radius 2 is 2.04 bits per heavy atom. The highest BCUT2D eigenvalue weighted by molar-refractivity contribution is 5.98. The number of hydrogen-bond acceptors (Lipinski definition) is 7. The summed E-state index contributed by atoms with van der Waals surface area (Å²) in [6, 6.07) is 7.63. The minimum atomic E-state index is -0.569. The molecule has 0 spiro atoms. The van der Waals surface area contributed by atoms with Crippen LogP contribution < -0.4 is 10.2 Å². The van der Waals surface area contributed by atoms with Crippen LogP contribution in [0.5, 0.6) is 0 Å². The third-order valence-corrected chi connectivity index (χ3v) is 3.96. The van der Waals surface area contributed by atoms with Crippen LogP contribution in [0.3, 0.4) is 0 Å². The third kappa shape index (κ3) is 4.12. The minimum absolute atomic E-state index is 0.0247. The first-order chi connectivity index (χ1) is 12.5. The lowest BCUT2D eigenvalue weighted by molar-refractivity contribution is -0.385. The summed E-state index contributed by atoms with van der Waals surface area (Å²) in [6.07, 6.45) is 0. The van der Waals surface area contributed by atoms with Crippen LogP contribution in [0.15, 0.2) is 30.3 Å². The second-order valence-corrected chi connectivity index (χ2v) is 5.86. The van der Waals surface area contributed by atoms with E-state index in [0.29, 0.717) is 37.9 Å².